The van der Waals surface area contributed by atoms with Crippen molar-refractivity contribution in [3.63, 3.8) is 0 Å². The van der Waals surface area contributed by atoms with Gasteiger partial charge in [-0.05, 0) is 39.8 Å². The first-order valence-corrected chi connectivity index (χ1v) is 9.08. The number of hydrogen-bond acceptors (Lipinski definition) is 5. The molecule has 152 valence electrons. The van der Waals surface area contributed by atoms with E-state index < -0.39 is 17.5 Å². The molecule has 2 rings (SSSR count). The van der Waals surface area contributed by atoms with Gasteiger partial charge in [0.1, 0.15) is 17.1 Å². The van der Waals surface area contributed by atoms with Crippen molar-refractivity contribution in [2.75, 3.05) is 5.32 Å². The van der Waals surface area contributed by atoms with E-state index in [2.05, 4.69) is 10.6 Å². The molecule has 8 heteroatoms. The highest BCUT2D eigenvalue weighted by atomic mass is 35.5. The zero-order chi connectivity index (χ0) is 21.1. The van der Waals surface area contributed by atoms with Gasteiger partial charge >= 0.3 is 6.09 Å². The Morgan fingerprint density at radius 2 is 1.93 bits per heavy atom. The standard InChI is InChI=1S/C20H24ClFN2O4/c1-11(13-8-14(21)17(26)9-16(13)25)23-10-12-6-5-7-15(18(12)22)24-19(27)28-20(2,3)4/h5-9,11,23,25-26H,10H2,1-4H3,(H,24,27). The maximum Gasteiger partial charge on any atom is 0.412 e. The highest BCUT2D eigenvalue weighted by molar-refractivity contribution is 6.32. The summed E-state index contributed by atoms with van der Waals surface area (Å²) in [7, 11) is 0. The van der Waals surface area contributed by atoms with E-state index in [0.29, 0.717) is 11.1 Å². The molecule has 4 N–H and O–H groups in total. The number of ether oxygens (including phenoxy) is 1. The third-order valence-electron chi connectivity index (χ3n) is 3.88. The monoisotopic (exact) mass is 410 g/mol. The molecule has 2 aromatic rings. The van der Waals surface area contributed by atoms with Crippen LogP contribution in [0.15, 0.2) is 30.3 Å². The van der Waals surface area contributed by atoms with Gasteiger partial charge in [0.2, 0.25) is 0 Å². The van der Waals surface area contributed by atoms with E-state index in [1.165, 1.54) is 12.1 Å². The van der Waals surface area contributed by atoms with Crippen molar-refractivity contribution < 1.29 is 24.1 Å². The molecule has 1 unspecified atom stereocenters. The largest absolute Gasteiger partial charge is 0.507 e. The van der Waals surface area contributed by atoms with Crippen molar-refractivity contribution in [3.8, 4) is 11.5 Å². The SMILES string of the molecule is CC(NCc1cccc(NC(=O)OC(C)(C)C)c1F)c1cc(Cl)c(O)cc1O. The lowest BCUT2D eigenvalue weighted by atomic mass is 10.1. The van der Waals surface area contributed by atoms with E-state index in [1.54, 1.807) is 39.8 Å². The molecule has 0 heterocycles. The second-order valence-electron chi connectivity index (χ2n) is 7.37. The molecule has 0 bridgehead atoms. The highest BCUT2D eigenvalue weighted by Crippen LogP contribution is 2.34. The molecular formula is C20H24ClFN2O4. The molecular weight excluding hydrogens is 387 g/mol. The molecule has 1 amide bonds. The molecule has 0 fully saturated rings. The Hall–Kier alpha value is -2.51. The van der Waals surface area contributed by atoms with Crippen molar-refractivity contribution in [2.45, 2.75) is 45.9 Å². The smallest absolute Gasteiger partial charge is 0.412 e. The van der Waals surface area contributed by atoms with Gasteiger partial charge in [-0.2, -0.15) is 0 Å². The van der Waals surface area contributed by atoms with Crippen LogP contribution in [0.3, 0.4) is 0 Å². The number of nitrogens with one attached hydrogen (secondary N) is 2. The molecule has 0 spiro atoms. The number of rotatable bonds is 5. The molecule has 0 aliphatic rings. The summed E-state index contributed by atoms with van der Waals surface area (Å²) in [5.41, 5.74) is 0.107. The fourth-order valence-corrected chi connectivity index (χ4v) is 2.68. The molecule has 0 aromatic heterocycles. The molecule has 0 radical (unpaired) electrons. The first-order chi connectivity index (χ1) is 13.0. The van der Waals surface area contributed by atoms with Crippen molar-refractivity contribution in [1.82, 2.24) is 5.32 Å². The van der Waals surface area contributed by atoms with Crippen LogP contribution in [-0.4, -0.2) is 21.9 Å². The number of carbonyl (C=O) groups excluding carboxylic acids is 1. The summed E-state index contributed by atoms with van der Waals surface area (Å²) >= 11 is 5.89. The predicted molar refractivity (Wildman–Crippen MR) is 106 cm³/mol. The Labute approximate surface area is 168 Å². The summed E-state index contributed by atoms with van der Waals surface area (Å²) in [6.07, 6.45) is -0.742. The van der Waals surface area contributed by atoms with E-state index in [4.69, 9.17) is 16.3 Å². The Morgan fingerprint density at radius 3 is 2.57 bits per heavy atom. The number of aromatic hydroxyl groups is 2. The molecule has 2 aromatic carbocycles. The van der Waals surface area contributed by atoms with Gasteiger partial charge in [-0.1, -0.05) is 23.7 Å². The van der Waals surface area contributed by atoms with Crippen LogP contribution in [0.4, 0.5) is 14.9 Å². The predicted octanol–water partition coefficient (Wildman–Crippen LogP) is 5.09. The second kappa shape index (κ2) is 8.67. The topological polar surface area (TPSA) is 90.8 Å². The van der Waals surface area contributed by atoms with Crippen LogP contribution >= 0.6 is 11.6 Å². The van der Waals surface area contributed by atoms with Gasteiger partial charge in [-0.25, -0.2) is 9.18 Å². The van der Waals surface area contributed by atoms with Gasteiger partial charge in [0.25, 0.3) is 0 Å². The average molecular weight is 411 g/mol. The Kier molecular flexibility index (Phi) is 6.74. The Balaban J connectivity index is 2.09. The average Bonchev–Trinajstić information content (AvgIpc) is 2.57. The quantitative estimate of drug-likeness (QED) is 0.551. The number of phenols is 2. The lowest BCUT2D eigenvalue weighted by molar-refractivity contribution is 0.0635. The zero-order valence-electron chi connectivity index (χ0n) is 16.1. The molecule has 0 aliphatic heterocycles. The van der Waals surface area contributed by atoms with E-state index in [1.807, 2.05) is 0 Å². The van der Waals surface area contributed by atoms with E-state index in [-0.39, 0.29) is 34.8 Å². The first-order valence-electron chi connectivity index (χ1n) is 8.70. The summed E-state index contributed by atoms with van der Waals surface area (Å²) in [5, 5.41) is 25.1. The molecule has 0 aliphatic carbocycles. The lowest BCUT2D eigenvalue weighted by Gasteiger charge is -2.20. The lowest BCUT2D eigenvalue weighted by Crippen LogP contribution is -2.27. The van der Waals surface area contributed by atoms with E-state index in [9.17, 15) is 19.4 Å². The van der Waals surface area contributed by atoms with Crippen LogP contribution < -0.4 is 10.6 Å². The number of carbonyl (C=O) groups is 1. The molecule has 6 nitrogen and oxygen atoms in total. The first kappa shape index (κ1) is 21.8. The fourth-order valence-electron chi connectivity index (χ4n) is 2.51. The molecule has 28 heavy (non-hydrogen) atoms. The van der Waals surface area contributed by atoms with Gasteiger partial charge in [0.15, 0.2) is 5.82 Å². The van der Waals surface area contributed by atoms with Crippen LogP contribution in [0.1, 0.15) is 44.9 Å². The second-order valence-corrected chi connectivity index (χ2v) is 7.78. The fraction of sp³-hybridized carbons (Fsp3) is 0.350. The summed E-state index contributed by atoms with van der Waals surface area (Å²) in [4.78, 5) is 11.9. The summed E-state index contributed by atoms with van der Waals surface area (Å²) in [5.74, 6) is -0.925. The third kappa shape index (κ3) is 5.74. The van der Waals surface area contributed by atoms with Crippen molar-refractivity contribution in [3.05, 3.63) is 52.3 Å². The van der Waals surface area contributed by atoms with Gasteiger partial charge in [0, 0.05) is 29.8 Å². The third-order valence-corrected chi connectivity index (χ3v) is 4.18. The van der Waals surface area contributed by atoms with Crippen LogP contribution in [0.5, 0.6) is 11.5 Å². The molecule has 1 atom stereocenters. The maximum atomic E-state index is 14.7. The van der Waals surface area contributed by atoms with E-state index >= 15 is 0 Å². The maximum absolute atomic E-state index is 14.7. The number of benzene rings is 2. The van der Waals surface area contributed by atoms with Crippen LogP contribution in [0, 0.1) is 5.82 Å². The molecule has 0 saturated heterocycles. The number of anilines is 1. The van der Waals surface area contributed by atoms with Crippen LogP contribution in [0.2, 0.25) is 5.02 Å². The van der Waals surface area contributed by atoms with Crippen molar-refractivity contribution >= 4 is 23.4 Å². The Bertz CT molecular complexity index is 868. The molecule has 0 saturated carbocycles. The van der Waals surface area contributed by atoms with E-state index in [0.717, 1.165) is 6.07 Å². The van der Waals surface area contributed by atoms with Crippen LogP contribution in [0.25, 0.3) is 0 Å². The van der Waals surface area contributed by atoms with Gasteiger partial charge in [-0.15, -0.1) is 0 Å². The Morgan fingerprint density at radius 1 is 1.25 bits per heavy atom. The number of halogens is 2. The highest BCUT2D eigenvalue weighted by Gasteiger charge is 2.19. The minimum absolute atomic E-state index is 0.0109. The number of hydrogen-bond donors (Lipinski definition) is 4. The number of amides is 1. The van der Waals surface area contributed by atoms with Crippen molar-refractivity contribution in [1.29, 1.82) is 0 Å². The number of phenolic OH excluding ortho intramolecular Hbond substituents is 2. The zero-order valence-corrected chi connectivity index (χ0v) is 16.9. The summed E-state index contributed by atoms with van der Waals surface area (Å²) < 4.78 is 19.8. The normalized spacial score (nSPS) is 12.5. The van der Waals surface area contributed by atoms with Crippen LogP contribution in [-0.2, 0) is 11.3 Å². The minimum atomic E-state index is -0.742. The summed E-state index contributed by atoms with van der Waals surface area (Å²) in [6, 6.07) is 6.87. The van der Waals surface area contributed by atoms with Gasteiger partial charge < -0.3 is 20.3 Å². The minimum Gasteiger partial charge on any atom is -0.507 e. The summed E-state index contributed by atoms with van der Waals surface area (Å²) in [6.45, 7) is 7.05. The van der Waals surface area contributed by atoms with Gasteiger partial charge in [0.05, 0.1) is 10.7 Å². The van der Waals surface area contributed by atoms with Crippen molar-refractivity contribution in [2.24, 2.45) is 0 Å². The van der Waals surface area contributed by atoms with Gasteiger partial charge in [-0.3, -0.25) is 5.32 Å².